The Labute approximate surface area is 169 Å². The molecule has 0 radical (unpaired) electrons. The van der Waals surface area contributed by atoms with Crippen molar-refractivity contribution in [1.82, 2.24) is 10.6 Å². The third-order valence-electron chi connectivity index (χ3n) is 4.30. The highest BCUT2D eigenvalue weighted by molar-refractivity contribution is 5.79. The molecule has 0 bridgehead atoms. The van der Waals surface area contributed by atoms with E-state index in [1.807, 2.05) is 12.1 Å². The summed E-state index contributed by atoms with van der Waals surface area (Å²) in [6.45, 7) is 2.04. The molecule has 1 unspecified atom stereocenters. The van der Waals surface area contributed by atoms with Crippen molar-refractivity contribution in [3.05, 3.63) is 35.4 Å². The molecule has 0 aliphatic carbocycles. The van der Waals surface area contributed by atoms with Crippen molar-refractivity contribution in [2.24, 2.45) is 4.99 Å². The fourth-order valence-corrected chi connectivity index (χ4v) is 2.89. The zero-order chi connectivity index (χ0) is 21.0. The summed E-state index contributed by atoms with van der Waals surface area (Å²) in [6, 6.07) is 7.25. The molecule has 2 N–H and O–H groups in total. The number of alkyl halides is 3. The van der Waals surface area contributed by atoms with Gasteiger partial charge in [0.1, 0.15) is 6.61 Å². The molecule has 1 heterocycles. The van der Waals surface area contributed by atoms with Gasteiger partial charge in [0.2, 0.25) is 0 Å². The van der Waals surface area contributed by atoms with E-state index in [0.717, 1.165) is 38.0 Å². The highest BCUT2D eigenvalue weighted by atomic mass is 19.4. The van der Waals surface area contributed by atoms with E-state index in [1.54, 1.807) is 19.2 Å². The Morgan fingerprint density at radius 3 is 2.79 bits per heavy atom. The molecule has 1 atom stereocenters. The molecular weight excluding hydrogens is 387 g/mol. The second-order valence-corrected chi connectivity index (χ2v) is 6.84. The number of nitrogens with zero attached hydrogens (tertiary/aromatic N) is 1. The normalized spacial score (nSPS) is 17.5. The molecule has 9 heteroatoms. The van der Waals surface area contributed by atoms with E-state index >= 15 is 0 Å². The van der Waals surface area contributed by atoms with Crippen LogP contribution in [-0.4, -0.2) is 58.3 Å². The monoisotopic (exact) mass is 417 g/mol. The zero-order valence-electron chi connectivity index (χ0n) is 16.8. The molecular formula is C20H30F3N3O3. The van der Waals surface area contributed by atoms with Crippen molar-refractivity contribution in [1.29, 1.82) is 0 Å². The first-order valence-corrected chi connectivity index (χ1v) is 9.82. The van der Waals surface area contributed by atoms with Crippen molar-refractivity contribution in [3.63, 3.8) is 0 Å². The minimum atomic E-state index is -4.31. The predicted octanol–water partition coefficient (Wildman–Crippen LogP) is 3.02. The van der Waals surface area contributed by atoms with E-state index in [-0.39, 0.29) is 12.7 Å². The van der Waals surface area contributed by atoms with Gasteiger partial charge >= 0.3 is 6.18 Å². The van der Waals surface area contributed by atoms with Gasteiger partial charge in [-0.3, -0.25) is 4.99 Å². The fraction of sp³-hybridized carbons (Fsp3) is 0.650. The summed E-state index contributed by atoms with van der Waals surface area (Å²) in [5.41, 5.74) is 1.63. The first-order chi connectivity index (χ1) is 14.0. The quantitative estimate of drug-likeness (QED) is 0.329. The standard InChI is InChI=1S/C20H30F3N3O3/c1-24-19(25-8-4-9-27-14-18-7-3-10-29-18)26-12-16-5-2-6-17(11-16)13-28-15-20(21,22)23/h2,5-6,11,18H,3-4,7-10,12-15H2,1H3,(H2,24,25,26). The smallest absolute Gasteiger partial charge is 0.379 e. The van der Waals surface area contributed by atoms with Gasteiger partial charge < -0.3 is 24.8 Å². The van der Waals surface area contributed by atoms with Crippen LogP contribution < -0.4 is 10.6 Å². The van der Waals surface area contributed by atoms with Crippen LogP contribution >= 0.6 is 0 Å². The van der Waals surface area contributed by atoms with E-state index in [0.29, 0.717) is 31.3 Å². The van der Waals surface area contributed by atoms with Crippen LogP contribution in [0.5, 0.6) is 0 Å². The molecule has 1 aliphatic heterocycles. The van der Waals surface area contributed by atoms with E-state index in [1.165, 1.54) is 0 Å². The average Bonchev–Trinajstić information content (AvgIpc) is 3.19. The maximum Gasteiger partial charge on any atom is 0.411 e. The van der Waals surface area contributed by atoms with E-state index in [9.17, 15) is 13.2 Å². The van der Waals surface area contributed by atoms with Gasteiger partial charge in [-0.05, 0) is 30.4 Å². The largest absolute Gasteiger partial charge is 0.411 e. The number of halogens is 3. The molecule has 2 rings (SSSR count). The number of hydrogen-bond donors (Lipinski definition) is 2. The van der Waals surface area contributed by atoms with Crippen LogP contribution in [0.2, 0.25) is 0 Å². The van der Waals surface area contributed by atoms with Gasteiger partial charge in [-0.1, -0.05) is 24.3 Å². The lowest BCUT2D eigenvalue weighted by Crippen LogP contribution is -2.37. The van der Waals surface area contributed by atoms with Crippen LogP contribution in [0, 0.1) is 0 Å². The van der Waals surface area contributed by atoms with Gasteiger partial charge in [-0.15, -0.1) is 0 Å². The molecule has 164 valence electrons. The van der Waals surface area contributed by atoms with Gasteiger partial charge in [-0.25, -0.2) is 0 Å². The van der Waals surface area contributed by atoms with Crippen molar-refractivity contribution < 1.29 is 27.4 Å². The Morgan fingerprint density at radius 1 is 1.24 bits per heavy atom. The van der Waals surface area contributed by atoms with Crippen LogP contribution in [0.25, 0.3) is 0 Å². The number of benzene rings is 1. The topological polar surface area (TPSA) is 64.1 Å². The maximum atomic E-state index is 12.2. The van der Waals surface area contributed by atoms with Crippen LogP contribution in [0.4, 0.5) is 13.2 Å². The minimum absolute atomic E-state index is 0.0772. The first-order valence-electron chi connectivity index (χ1n) is 9.82. The highest BCUT2D eigenvalue weighted by Gasteiger charge is 2.27. The van der Waals surface area contributed by atoms with Gasteiger partial charge in [0.15, 0.2) is 5.96 Å². The lowest BCUT2D eigenvalue weighted by atomic mass is 10.1. The van der Waals surface area contributed by atoms with E-state index in [4.69, 9.17) is 14.2 Å². The van der Waals surface area contributed by atoms with Crippen molar-refractivity contribution in [3.8, 4) is 0 Å². The third kappa shape index (κ3) is 10.5. The Balaban J connectivity index is 1.60. The third-order valence-corrected chi connectivity index (χ3v) is 4.30. The lowest BCUT2D eigenvalue weighted by molar-refractivity contribution is -0.176. The molecule has 1 fully saturated rings. The zero-order valence-corrected chi connectivity index (χ0v) is 16.8. The Hall–Kier alpha value is -1.84. The summed E-state index contributed by atoms with van der Waals surface area (Å²) in [5, 5.41) is 6.40. The number of hydrogen-bond acceptors (Lipinski definition) is 4. The highest BCUT2D eigenvalue weighted by Crippen LogP contribution is 2.16. The van der Waals surface area contributed by atoms with Crippen LogP contribution in [0.1, 0.15) is 30.4 Å². The molecule has 1 aromatic rings. The number of aliphatic imine (C=N–C) groups is 1. The Bertz CT molecular complexity index is 620. The van der Waals surface area contributed by atoms with Crippen LogP contribution in [0.3, 0.4) is 0 Å². The second-order valence-electron chi connectivity index (χ2n) is 6.84. The molecule has 1 aromatic carbocycles. The summed E-state index contributed by atoms with van der Waals surface area (Å²) in [5.74, 6) is 0.655. The Kier molecular flexibility index (Phi) is 10.2. The van der Waals surface area contributed by atoms with Crippen LogP contribution in [-0.2, 0) is 27.4 Å². The second kappa shape index (κ2) is 12.7. The molecule has 6 nitrogen and oxygen atoms in total. The fourth-order valence-electron chi connectivity index (χ4n) is 2.89. The van der Waals surface area contributed by atoms with Crippen molar-refractivity contribution in [2.45, 2.75) is 44.7 Å². The molecule has 29 heavy (non-hydrogen) atoms. The molecule has 1 aliphatic rings. The summed E-state index contributed by atoms with van der Waals surface area (Å²) < 4.78 is 52.3. The number of nitrogens with one attached hydrogen (secondary N) is 2. The lowest BCUT2D eigenvalue weighted by Gasteiger charge is -2.13. The molecule has 1 saturated heterocycles. The maximum absolute atomic E-state index is 12.2. The van der Waals surface area contributed by atoms with Crippen LogP contribution in [0.15, 0.2) is 29.3 Å². The molecule has 0 amide bonds. The summed E-state index contributed by atoms with van der Waals surface area (Å²) >= 11 is 0. The first kappa shape index (κ1) is 23.4. The van der Waals surface area contributed by atoms with Crippen molar-refractivity contribution in [2.75, 3.05) is 40.0 Å². The van der Waals surface area contributed by atoms with Crippen molar-refractivity contribution >= 4 is 5.96 Å². The molecule has 0 saturated carbocycles. The predicted molar refractivity (Wildman–Crippen MR) is 105 cm³/mol. The van der Waals surface area contributed by atoms with Gasteiger partial charge in [0.05, 0.1) is 19.3 Å². The van der Waals surface area contributed by atoms with Gasteiger partial charge in [-0.2, -0.15) is 13.2 Å². The van der Waals surface area contributed by atoms with Gasteiger partial charge in [0, 0.05) is 33.4 Å². The summed E-state index contributed by atoms with van der Waals surface area (Å²) in [6.07, 6.45) is -1.04. The summed E-state index contributed by atoms with van der Waals surface area (Å²) in [4.78, 5) is 4.17. The Morgan fingerprint density at radius 2 is 2.07 bits per heavy atom. The minimum Gasteiger partial charge on any atom is -0.379 e. The number of ether oxygens (including phenoxy) is 3. The number of guanidine groups is 1. The van der Waals surface area contributed by atoms with E-state index < -0.39 is 12.8 Å². The van der Waals surface area contributed by atoms with Gasteiger partial charge in [0.25, 0.3) is 0 Å². The summed E-state index contributed by atoms with van der Waals surface area (Å²) in [7, 11) is 1.69. The van der Waals surface area contributed by atoms with E-state index in [2.05, 4.69) is 15.6 Å². The number of rotatable bonds is 11. The SMILES string of the molecule is CN=C(NCCCOCC1CCCO1)NCc1cccc(COCC(F)(F)F)c1. The molecule has 0 spiro atoms. The molecule has 0 aromatic heterocycles. The average molecular weight is 417 g/mol.